The predicted octanol–water partition coefficient (Wildman–Crippen LogP) is 2.54. The van der Waals surface area contributed by atoms with Crippen LogP contribution in [-0.2, 0) is 10.5 Å². The molecule has 0 radical (unpaired) electrons. The minimum absolute atomic E-state index is 0.0808. The zero-order valence-corrected chi connectivity index (χ0v) is 15.1. The normalized spacial score (nSPS) is 20.3. The Morgan fingerprint density at radius 3 is 3.12 bits per heavy atom. The molecule has 1 saturated heterocycles. The Morgan fingerprint density at radius 2 is 2.32 bits per heavy atom. The predicted molar refractivity (Wildman–Crippen MR) is 96.0 cm³/mol. The Morgan fingerprint density at radius 1 is 1.44 bits per heavy atom. The van der Waals surface area contributed by atoms with Crippen molar-refractivity contribution in [2.24, 2.45) is 0 Å². The third kappa shape index (κ3) is 4.73. The van der Waals surface area contributed by atoms with E-state index in [0.717, 1.165) is 24.2 Å². The van der Waals surface area contributed by atoms with Crippen LogP contribution in [0.25, 0.3) is 11.4 Å². The van der Waals surface area contributed by atoms with Gasteiger partial charge in [0.05, 0.1) is 12.9 Å². The third-order valence-corrected chi connectivity index (χ3v) is 4.92. The summed E-state index contributed by atoms with van der Waals surface area (Å²) >= 11 is 1.54. The highest BCUT2D eigenvalue weighted by Gasteiger charge is 2.25. The molecule has 8 heteroatoms. The maximum absolute atomic E-state index is 11.8. The number of hydrogen-bond acceptors (Lipinski definition) is 7. The average molecular weight is 362 g/mol. The number of rotatable bonds is 7. The van der Waals surface area contributed by atoms with Crippen molar-refractivity contribution in [2.75, 3.05) is 7.11 Å². The van der Waals surface area contributed by atoms with Gasteiger partial charge in [-0.25, -0.2) is 0 Å². The Labute approximate surface area is 150 Å². The molecule has 2 N–H and O–H groups in total. The largest absolute Gasteiger partial charge is 0.497 e. The first-order chi connectivity index (χ1) is 12.2. The van der Waals surface area contributed by atoms with Gasteiger partial charge in [0, 0.05) is 18.0 Å². The molecule has 1 aromatic carbocycles. The van der Waals surface area contributed by atoms with Crippen LogP contribution in [-0.4, -0.2) is 34.7 Å². The number of amides is 1. The fourth-order valence-corrected chi connectivity index (χ4v) is 3.64. The fraction of sp³-hybridized carbons (Fsp3) is 0.471. The van der Waals surface area contributed by atoms with Gasteiger partial charge in [-0.2, -0.15) is 4.98 Å². The maximum atomic E-state index is 11.8. The third-order valence-electron chi connectivity index (χ3n) is 3.92. The van der Waals surface area contributed by atoms with Gasteiger partial charge in [0.2, 0.25) is 17.6 Å². The molecule has 1 fully saturated rings. The SMILES string of the molecule is CCCC1CC(=O)NC(SCc2nc(-c3cccc(OC)c3)no2)N1. The van der Waals surface area contributed by atoms with E-state index in [1.54, 1.807) is 7.11 Å². The molecule has 0 spiro atoms. The van der Waals surface area contributed by atoms with Crippen LogP contribution in [0.2, 0.25) is 0 Å². The zero-order chi connectivity index (χ0) is 17.6. The molecule has 1 aliphatic rings. The summed E-state index contributed by atoms with van der Waals surface area (Å²) in [5, 5.41) is 10.4. The molecule has 2 unspecified atom stereocenters. The van der Waals surface area contributed by atoms with Crippen LogP contribution in [0.15, 0.2) is 28.8 Å². The van der Waals surface area contributed by atoms with E-state index in [4.69, 9.17) is 9.26 Å². The molecule has 2 aromatic rings. The van der Waals surface area contributed by atoms with Crippen molar-refractivity contribution in [2.45, 2.75) is 43.5 Å². The summed E-state index contributed by atoms with van der Waals surface area (Å²) in [5.74, 6) is 2.40. The van der Waals surface area contributed by atoms with Crippen molar-refractivity contribution in [3.63, 3.8) is 0 Å². The first kappa shape index (κ1) is 17.8. The summed E-state index contributed by atoms with van der Waals surface area (Å²) in [6, 6.07) is 7.74. The molecule has 1 aromatic heterocycles. The van der Waals surface area contributed by atoms with Crippen LogP contribution in [0.1, 0.15) is 32.1 Å². The summed E-state index contributed by atoms with van der Waals surface area (Å²) in [4.78, 5) is 16.2. The minimum Gasteiger partial charge on any atom is -0.497 e. The van der Waals surface area contributed by atoms with Gasteiger partial charge in [0.25, 0.3) is 0 Å². The first-order valence-electron chi connectivity index (χ1n) is 8.32. The molecule has 25 heavy (non-hydrogen) atoms. The molecule has 2 atom stereocenters. The first-order valence-corrected chi connectivity index (χ1v) is 9.37. The van der Waals surface area contributed by atoms with Gasteiger partial charge in [-0.3, -0.25) is 10.1 Å². The van der Waals surface area contributed by atoms with E-state index in [9.17, 15) is 4.79 Å². The molecular weight excluding hydrogens is 340 g/mol. The second-order valence-electron chi connectivity index (χ2n) is 5.86. The molecule has 0 aliphatic carbocycles. The van der Waals surface area contributed by atoms with Crippen molar-refractivity contribution in [3.8, 4) is 17.1 Å². The average Bonchev–Trinajstić information content (AvgIpc) is 3.09. The summed E-state index contributed by atoms with van der Waals surface area (Å²) in [6.45, 7) is 2.12. The number of nitrogens with one attached hydrogen (secondary N) is 2. The van der Waals surface area contributed by atoms with Crippen molar-refractivity contribution in [1.29, 1.82) is 0 Å². The summed E-state index contributed by atoms with van der Waals surface area (Å²) in [6.07, 6.45) is 2.58. The zero-order valence-electron chi connectivity index (χ0n) is 14.3. The van der Waals surface area contributed by atoms with Crippen molar-refractivity contribution >= 4 is 17.7 Å². The Hall–Kier alpha value is -2.06. The second-order valence-corrected chi connectivity index (χ2v) is 6.95. The van der Waals surface area contributed by atoms with Gasteiger partial charge >= 0.3 is 0 Å². The smallest absolute Gasteiger partial charge is 0.237 e. The van der Waals surface area contributed by atoms with Crippen LogP contribution in [0.5, 0.6) is 5.75 Å². The molecule has 134 valence electrons. The lowest BCUT2D eigenvalue weighted by Gasteiger charge is -2.30. The summed E-state index contributed by atoms with van der Waals surface area (Å²) < 4.78 is 10.5. The molecule has 3 rings (SSSR count). The lowest BCUT2D eigenvalue weighted by atomic mass is 10.1. The maximum Gasteiger partial charge on any atom is 0.237 e. The Balaban J connectivity index is 1.59. The van der Waals surface area contributed by atoms with E-state index in [0.29, 0.717) is 23.9 Å². The van der Waals surface area contributed by atoms with Gasteiger partial charge in [-0.1, -0.05) is 30.6 Å². The topological polar surface area (TPSA) is 89.3 Å². The van der Waals surface area contributed by atoms with Crippen LogP contribution in [0.4, 0.5) is 0 Å². The lowest BCUT2D eigenvalue weighted by molar-refractivity contribution is -0.123. The monoisotopic (exact) mass is 362 g/mol. The van der Waals surface area contributed by atoms with Gasteiger partial charge in [0.1, 0.15) is 11.2 Å². The highest BCUT2D eigenvalue weighted by Crippen LogP contribution is 2.23. The van der Waals surface area contributed by atoms with E-state index in [1.165, 1.54) is 11.8 Å². The van der Waals surface area contributed by atoms with Crippen LogP contribution in [0.3, 0.4) is 0 Å². The van der Waals surface area contributed by atoms with Gasteiger partial charge in [-0.05, 0) is 18.6 Å². The number of carbonyl (C=O) groups is 1. The van der Waals surface area contributed by atoms with E-state index in [-0.39, 0.29) is 17.4 Å². The number of thioether (sulfide) groups is 1. The number of methoxy groups -OCH3 is 1. The van der Waals surface area contributed by atoms with E-state index in [2.05, 4.69) is 27.7 Å². The molecule has 0 bridgehead atoms. The van der Waals surface area contributed by atoms with Crippen molar-refractivity contribution in [1.82, 2.24) is 20.8 Å². The number of nitrogens with zero attached hydrogens (tertiary/aromatic N) is 2. The lowest BCUT2D eigenvalue weighted by Crippen LogP contribution is -2.54. The molecule has 1 amide bonds. The number of aromatic nitrogens is 2. The summed E-state index contributed by atoms with van der Waals surface area (Å²) in [7, 11) is 1.62. The van der Waals surface area contributed by atoms with Gasteiger partial charge < -0.3 is 14.6 Å². The van der Waals surface area contributed by atoms with Crippen LogP contribution in [0, 0.1) is 0 Å². The van der Waals surface area contributed by atoms with E-state index in [1.807, 2.05) is 24.3 Å². The number of carbonyl (C=O) groups excluding carboxylic acids is 1. The quantitative estimate of drug-likeness (QED) is 0.782. The number of hydrogen-bond donors (Lipinski definition) is 2. The molecule has 7 nitrogen and oxygen atoms in total. The van der Waals surface area contributed by atoms with Crippen LogP contribution >= 0.6 is 11.8 Å². The highest BCUT2D eigenvalue weighted by molar-refractivity contribution is 7.99. The van der Waals surface area contributed by atoms with E-state index >= 15 is 0 Å². The van der Waals surface area contributed by atoms with E-state index < -0.39 is 0 Å². The number of benzene rings is 1. The molecule has 2 heterocycles. The Bertz CT molecular complexity index is 721. The number of ether oxygens (including phenoxy) is 1. The standard InChI is InChI=1S/C17H22N4O3S/c1-3-5-12-9-14(22)19-17(18-12)25-10-15-20-16(21-24-15)11-6-4-7-13(8-11)23-2/h4,6-8,12,17-18H,3,5,9-10H2,1-2H3,(H,19,22). The Kier molecular flexibility index (Phi) is 5.93. The molecule has 0 saturated carbocycles. The van der Waals surface area contributed by atoms with Gasteiger partial charge in [-0.15, -0.1) is 11.8 Å². The fourth-order valence-electron chi connectivity index (χ4n) is 2.71. The minimum atomic E-state index is -0.134. The second kappa shape index (κ2) is 8.35. The van der Waals surface area contributed by atoms with Crippen LogP contribution < -0.4 is 15.4 Å². The molecule has 1 aliphatic heterocycles. The molecular formula is C17H22N4O3S. The summed E-state index contributed by atoms with van der Waals surface area (Å²) in [5.41, 5.74) is 0.705. The van der Waals surface area contributed by atoms with Crippen molar-refractivity contribution < 1.29 is 14.1 Å². The van der Waals surface area contributed by atoms with Gasteiger partial charge in [0.15, 0.2) is 0 Å². The van der Waals surface area contributed by atoms with Crippen molar-refractivity contribution in [3.05, 3.63) is 30.2 Å². The highest BCUT2D eigenvalue weighted by atomic mass is 32.2.